The summed E-state index contributed by atoms with van der Waals surface area (Å²) in [6, 6.07) is 8.81. The van der Waals surface area contributed by atoms with Gasteiger partial charge in [0.15, 0.2) is 0 Å². The van der Waals surface area contributed by atoms with E-state index in [0.717, 1.165) is 13.0 Å². The number of rotatable bonds is 4. The van der Waals surface area contributed by atoms with Gasteiger partial charge in [-0.15, -0.1) is 0 Å². The number of piperidine rings is 1. The molecule has 1 fully saturated rings. The van der Waals surface area contributed by atoms with Crippen LogP contribution in [-0.4, -0.2) is 34.7 Å². The van der Waals surface area contributed by atoms with Crippen LogP contribution in [0.25, 0.3) is 0 Å². The standard InChI is InChI=1S/C16H26N2O/c1-12(11-14-6-8-15(19)9-7-14)18-10-4-3-5-16(18)13(2)17/h6-9,12-13,16,19H,3-5,10-11,17H2,1-2H3. The predicted molar refractivity (Wildman–Crippen MR) is 79.3 cm³/mol. The zero-order valence-electron chi connectivity index (χ0n) is 12.0. The zero-order valence-corrected chi connectivity index (χ0v) is 12.0. The molecule has 1 saturated heterocycles. The van der Waals surface area contributed by atoms with Crippen LogP contribution in [0.4, 0.5) is 0 Å². The maximum absolute atomic E-state index is 9.33. The van der Waals surface area contributed by atoms with Gasteiger partial charge in [-0.1, -0.05) is 18.6 Å². The first-order valence-corrected chi connectivity index (χ1v) is 7.37. The molecule has 106 valence electrons. The summed E-state index contributed by atoms with van der Waals surface area (Å²) in [5.41, 5.74) is 7.41. The Kier molecular flexibility index (Phi) is 4.83. The van der Waals surface area contributed by atoms with E-state index < -0.39 is 0 Å². The Hall–Kier alpha value is -1.06. The van der Waals surface area contributed by atoms with Gasteiger partial charge in [-0.3, -0.25) is 4.90 Å². The molecule has 0 amide bonds. The van der Waals surface area contributed by atoms with Crippen molar-refractivity contribution in [2.24, 2.45) is 5.73 Å². The Bertz CT molecular complexity index is 388. The van der Waals surface area contributed by atoms with Crippen molar-refractivity contribution < 1.29 is 5.11 Å². The van der Waals surface area contributed by atoms with Crippen LogP contribution in [0, 0.1) is 0 Å². The summed E-state index contributed by atoms with van der Waals surface area (Å²) in [4.78, 5) is 2.57. The highest BCUT2D eigenvalue weighted by Gasteiger charge is 2.28. The molecule has 1 aliphatic heterocycles. The van der Waals surface area contributed by atoms with Crippen LogP contribution in [0.2, 0.25) is 0 Å². The topological polar surface area (TPSA) is 49.5 Å². The van der Waals surface area contributed by atoms with E-state index in [4.69, 9.17) is 5.73 Å². The quantitative estimate of drug-likeness (QED) is 0.876. The number of phenolic OH excluding ortho intramolecular Hbond substituents is 1. The van der Waals surface area contributed by atoms with Crippen LogP contribution in [0.3, 0.4) is 0 Å². The van der Waals surface area contributed by atoms with Crippen molar-refractivity contribution in [3.05, 3.63) is 29.8 Å². The first-order chi connectivity index (χ1) is 9.08. The third-order valence-corrected chi connectivity index (χ3v) is 4.23. The number of aromatic hydroxyl groups is 1. The fourth-order valence-electron chi connectivity index (χ4n) is 3.18. The minimum Gasteiger partial charge on any atom is -0.508 e. The van der Waals surface area contributed by atoms with Crippen molar-refractivity contribution in [3.8, 4) is 5.75 Å². The third-order valence-electron chi connectivity index (χ3n) is 4.23. The van der Waals surface area contributed by atoms with Crippen molar-refractivity contribution in [3.63, 3.8) is 0 Å². The maximum Gasteiger partial charge on any atom is 0.115 e. The van der Waals surface area contributed by atoms with Crippen LogP contribution in [0.15, 0.2) is 24.3 Å². The molecule has 0 aromatic heterocycles. The summed E-state index contributed by atoms with van der Waals surface area (Å²) in [5.74, 6) is 0.336. The first kappa shape index (κ1) is 14.4. The average Bonchev–Trinajstić information content (AvgIpc) is 2.41. The van der Waals surface area contributed by atoms with Gasteiger partial charge in [0.1, 0.15) is 5.75 Å². The van der Waals surface area contributed by atoms with E-state index in [2.05, 4.69) is 18.7 Å². The fourth-order valence-corrected chi connectivity index (χ4v) is 3.18. The smallest absolute Gasteiger partial charge is 0.115 e. The Morgan fingerprint density at radius 2 is 1.95 bits per heavy atom. The van der Waals surface area contributed by atoms with Gasteiger partial charge in [-0.25, -0.2) is 0 Å². The van der Waals surface area contributed by atoms with E-state index in [1.165, 1.54) is 24.8 Å². The average molecular weight is 262 g/mol. The molecule has 3 nitrogen and oxygen atoms in total. The molecule has 3 unspecified atom stereocenters. The number of benzene rings is 1. The molecule has 2 rings (SSSR count). The summed E-state index contributed by atoms with van der Waals surface area (Å²) in [7, 11) is 0. The Morgan fingerprint density at radius 3 is 2.58 bits per heavy atom. The second-order valence-electron chi connectivity index (χ2n) is 5.88. The predicted octanol–water partition coefficient (Wildman–Crippen LogP) is 2.52. The molecule has 19 heavy (non-hydrogen) atoms. The van der Waals surface area contributed by atoms with Gasteiger partial charge < -0.3 is 10.8 Å². The molecule has 1 aromatic rings. The minimum absolute atomic E-state index is 0.238. The van der Waals surface area contributed by atoms with Gasteiger partial charge in [0.25, 0.3) is 0 Å². The number of phenols is 1. The molecule has 3 atom stereocenters. The monoisotopic (exact) mass is 262 g/mol. The van der Waals surface area contributed by atoms with Gasteiger partial charge in [0, 0.05) is 18.1 Å². The molecule has 0 bridgehead atoms. The van der Waals surface area contributed by atoms with E-state index in [1.54, 1.807) is 12.1 Å². The normalized spacial score (nSPS) is 24.1. The molecule has 0 radical (unpaired) electrons. The number of nitrogens with zero attached hydrogens (tertiary/aromatic N) is 1. The summed E-state index contributed by atoms with van der Waals surface area (Å²) in [6.45, 7) is 5.56. The molecule has 1 aromatic carbocycles. The molecular weight excluding hydrogens is 236 g/mol. The number of hydrogen-bond donors (Lipinski definition) is 2. The lowest BCUT2D eigenvalue weighted by Gasteiger charge is -2.42. The summed E-state index contributed by atoms with van der Waals surface area (Å²) in [6.07, 6.45) is 4.82. The highest BCUT2D eigenvalue weighted by molar-refractivity contribution is 5.26. The van der Waals surface area contributed by atoms with Crippen LogP contribution in [-0.2, 0) is 6.42 Å². The van der Waals surface area contributed by atoms with Gasteiger partial charge in [0.05, 0.1) is 0 Å². The Labute approximate surface area is 116 Å². The largest absolute Gasteiger partial charge is 0.508 e. The second-order valence-corrected chi connectivity index (χ2v) is 5.88. The van der Waals surface area contributed by atoms with E-state index in [-0.39, 0.29) is 6.04 Å². The maximum atomic E-state index is 9.33. The van der Waals surface area contributed by atoms with Crippen LogP contribution >= 0.6 is 0 Å². The van der Waals surface area contributed by atoms with Crippen LogP contribution in [0.5, 0.6) is 5.75 Å². The van der Waals surface area contributed by atoms with Crippen molar-refractivity contribution >= 4 is 0 Å². The minimum atomic E-state index is 0.238. The van der Waals surface area contributed by atoms with Crippen molar-refractivity contribution in [2.75, 3.05) is 6.54 Å². The summed E-state index contributed by atoms with van der Waals surface area (Å²) < 4.78 is 0. The third kappa shape index (κ3) is 3.71. The molecular formula is C16H26N2O. The lowest BCUT2D eigenvalue weighted by Crippen LogP contribution is -2.53. The van der Waals surface area contributed by atoms with Crippen molar-refractivity contribution in [1.29, 1.82) is 0 Å². The van der Waals surface area contributed by atoms with Crippen molar-refractivity contribution in [2.45, 2.75) is 57.7 Å². The molecule has 0 saturated carbocycles. The zero-order chi connectivity index (χ0) is 13.8. The molecule has 0 aliphatic carbocycles. The lowest BCUT2D eigenvalue weighted by molar-refractivity contribution is 0.0890. The van der Waals surface area contributed by atoms with Gasteiger partial charge in [0.2, 0.25) is 0 Å². The van der Waals surface area contributed by atoms with Crippen LogP contribution < -0.4 is 5.73 Å². The highest BCUT2D eigenvalue weighted by Crippen LogP contribution is 2.23. The molecule has 3 heteroatoms. The number of hydrogen-bond acceptors (Lipinski definition) is 3. The first-order valence-electron chi connectivity index (χ1n) is 7.37. The Morgan fingerprint density at radius 1 is 1.26 bits per heavy atom. The van der Waals surface area contributed by atoms with Gasteiger partial charge in [-0.2, -0.15) is 0 Å². The number of likely N-dealkylation sites (tertiary alicyclic amines) is 1. The summed E-state index contributed by atoms with van der Waals surface area (Å²) >= 11 is 0. The van der Waals surface area contributed by atoms with Crippen molar-refractivity contribution in [1.82, 2.24) is 4.90 Å². The molecule has 3 N–H and O–H groups in total. The second kappa shape index (κ2) is 6.40. The van der Waals surface area contributed by atoms with Crippen LogP contribution in [0.1, 0.15) is 38.7 Å². The summed E-state index contributed by atoms with van der Waals surface area (Å²) in [5, 5.41) is 9.33. The Balaban J connectivity index is 2.01. The van der Waals surface area contributed by atoms with E-state index in [9.17, 15) is 5.11 Å². The van der Waals surface area contributed by atoms with E-state index in [1.807, 2.05) is 12.1 Å². The van der Waals surface area contributed by atoms with Gasteiger partial charge >= 0.3 is 0 Å². The molecule has 0 spiro atoms. The molecule has 1 heterocycles. The van der Waals surface area contributed by atoms with Gasteiger partial charge in [-0.05, 0) is 57.4 Å². The lowest BCUT2D eigenvalue weighted by atomic mass is 9.93. The highest BCUT2D eigenvalue weighted by atomic mass is 16.3. The SMILES string of the molecule is CC(N)C1CCCCN1C(C)Cc1ccc(O)cc1. The van der Waals surface area contributed by atoms with E-state index >= 15 is 0 Å². The fraction of sp³-hybridized carbons (Fsp3) is 0.625. The number of nitrogens with two attached hydrogens (primary N) is 1. The molecule has 1 aliphatic rings. The van der Waals surface area contributed by atoms with E-state index in [0.29, 0.717) is 17.8 Å².